The van der Waals surface area contributed by atoms with E-state index in [0.717, 1.165) is 12.2 Å². The third kappa shape index (κ3) is 2.81. The standard InChI is InChI=1S/C16H17N3S/c1-12(15-8-5-9-20-15)17-10-14-11-18-19-16(14)13-6-3-2-4-7-13/h2-9,11-12,17H,10H2,1H3,(H,18,19)/t12-/m0/s1. The zero-order valence-electron chi connectivity index (χ0n) is 11.3. The lowest BCUT2D eigenvalue weighted by Gasteiger charge is -2.12. The minimum absolute atomic E-state index is 0.355. The average Bonchev–Trinajstić information content (AvgIpc) is 3.17. The van der Waals surface area contributed by atoms with Gasteiger partial charge in [0.15, 0.2) is 0 Å². The molecule has 2 aromatic heterocycles. The zero-order chi connectivity index (χ0) is 13.8. The molecule has 0 bridgehead atoms. The average molecular weight is 283 g/mol. The molecule has 1 aromatic carbocycles. The summed E-state index contributed by atoms with van der Waals surface area (Å²) in [6, 6.07) is 14.9. The molecule has 0 fully saturated rings. The van der Waals surface area contributed by atoms with Crippen molar-refractivity contribution in [1.82, 2.24) is 15.5 Å². The quantitative estimate of drug-likeness (QED) is 0.743. The number of nitrogens with one attached hydrogen (secondary N) is 2. The van der Waals surface area contributed by atoms with Gasteiger partial charge in [0.2, 0.25) is 0 Å². The van der Waals surface area contributed by atoms with E-state index in [9.17, 15) is 0 Å². The smallest absolute Gasteiger partial charge is 0.0695 e. The Hall–Kier alpha value is -1.91. The predicted octanol–water partition coefficient (Wildman–Crippen LogP) is 3.99. The van der Waals surface area contributed by atoms with Crippen LogP contribution >= 0.6 is 11.3 Å². The van der Waals surface area contributed by atoms with Gasteiger partial charge < -0.3 is 5.32 Å². The van der Waals surface area contributed by atoms with Crippen LogP contribution in [-0.2, 0) is 6.54 Å². The SMILES string of the molecule is C[C@H](NCc1cn[nH]c1-c1ccccc1)c1cccs1. The van der Waals surface area contributed by atoms with Crippen molar-refractivity contribution in [3.05, 3.63) is 64.5 Å². The molecular weight excluding hydrogens is 266 g/mol. The first kappa shape index (κ1) is 13.1. The van der Waals surface area contributed by atoms with Crippen LogP contribution in [0.25, 0.3) is 11.3 Å². The predicted molar refractivity (Wildman–Crippen MR) is 83.6 cm³/mol. The molecule has 3 rings (SSSR count). The number of benzene rings is 1. The lowest BCUT2D eigenvalue weighted by molar-refractivity contribution is 0.583. The van der Waals surface area contributed by atoms with Crippen LogP contribution in [0.2, 0.25) is 0 Å². The van der Waals surface area contributed by atoms with E-state index in [1.54, 1.807) is 11.3 Å². The lowest BCUT2D eigenvalue weighted by atomic mass is 10.1. The number of H-pyrrole nitrogens is 1. The molecule has 0 radical (unpaired) electrons. The lowest BCUT2D eigenvalue weighted by Crippen LogP contribution is -2.17. The molecule has 20 heavy (non-hydrogen) atoms. The number of thiophene rings is 1. The van der Waals surface area contributed by atoms with Gasteiger partial charge in [-0.1, -0.05) is 36.4 Å². The number of aromatic amines is 1. The van der Waals surface area contributed by atoms with Gasteiger partial charge in [-0.2, -0.15) is 5.10 Å². The van der Waals surface area contributed by atoms with Gasteiger partial charge in [-0.15, -0.1) is 11.3 Å². The highest BCUT2D eigenvalue weighted by Crippen LogP contribution is 2.22. The van der Waals surface area contributed by atoms with Gasteiger partial charge in [0.1, 0.15) is 0 Å². The highest BCUT2D eigenvalue weighted by Gasteiger charge is 2.10. The Morgan fingerprint density at radius 1 is 1.20 bits per heavy atom. The van der Waals surface area contributed by atoms with Crippen LogP contribution in [0.5, 0.6) is 0 Å². The molecule has 0 saturated heterocycles. The molecule has 2 N–H and O–H groups in total. The van der Waals surface area contributed by atoms with E-state index in [1.807, 2.05) is 24.4 Å². The third-order valence-corrected chi connectivity index (χ3v) is 4.40. The Morgan fingerprint density at radius 3 is 2.80 bits per heavy atom. The van der Waals surface area contributed by atoms with E-state index in [0.29, 0.717) is 6.04 Å². The van der Waals surface area contributed by atoms with Crippen LogP contribution in [-0.4, -0.2) is 10.2 Å². The van der Waals surface area contributed by atoms with Crippen LogP contribution in [0.4, 0.5) is 0 Å². The van der Waals surface area contributed by atoms with Crippen molar-refractivity contribution in [1.29, 1.82) is 0 Å². The van der Waals surface area contributed by atoms with E-state index in [-0.39, 0.29) is 0 Å². The molecule has 0 aliphatic heterocycles. The summed E-state index contributed by atoms with van der Waals surface area (Å²) in [5, 5.41) is 12.9. The summed E-state index contributed by atoms with van der Waals surface area (Å²) in [5.74, 6) is 0. The van der Waals surface area contributed by atoms with Crippen molar-refractivity contribution >= 4 is 11.3 Å². The summed E-state index contributed by atoms with van der Waals surface area (Å²) in [4.78, 5) is 1.36. The topological polar surface area (TPSA) is 40.7 Å². The molecule has 0 amide bonds. The van der Waals surface area contributed by atoms with Crippen molar-refractivity contribution < 1.29 is 0 Å². The van der Waals surface area contributed by atoms with Crippen molar-refractivity contribution in [2.75, 3.05) is 0 Å². The first-order valence-corrected chi connectivity index (χ1v) is 7.57. The Morgan fingerprint density at radius 2 is 2.05 bits per heavy atom. The molecule has 0 aliphatic carbocycles. The maximum absolute atomic E-state index is 4.18. The third-order valence-electron chi connectivity index (χ3n) is 3.35. The summed E-state index contributed by atoms with van der Waals surface area (Å²) in [7, 11) is 0. The maximum atomic E-state index is 4.18. The van der Waals surface area contributed by atoms with Gasteiger partial charge in [-0.25, -0.2) is 0 Å². The van der Waals surface area contributed by atoms with E-state index in [4.69, 9.17) is 0 Å². The van der Waals surface area contributed by atoms with Gasteiger partial charge in [0.25, 0.3) is 0 Å². The fraction of sp³-hybridized carbons (Fsp3) is 0.188. The molecule has 3 aromatic rings. The Kier molecular flexibility index (Phi) is 3.95. The number of rotatable bonds is 5. The second-order valence-electron chi connectivity index (χ2n) is 4.75. The fourth-order valence-electron chi connectivity index (χ4n) is 2.20. The summed E-state index contributed by atoms with van der Waals surface area (Å²) in [6.45, 7) is 2.99. The van der Waals surface area contributed by atoms with Crippen molar-refractivity contribution in [3.63, 3.8) is 0 Å². The molecule has 1 atom stereocenters. The summed E-state index contributed by atoms with van der Waals surface area (Å²) in [6.07, 6.45) is 1.90. The monoisotopic (exact) mass is 283 g/mol. The first-order valence-electron chi connectivity index (χ1n) is 6.69. The Bertz CT molecular complexity index is 643. The molecule has 2 heterocycles. The minimum atomic E-state index is 0.355. The summed E-state index contributed by atoms with van der Waals surface area (Å²) < 4.78 is 0. The van der Waals surface area contributed by atoms with Crippen molar-refractivity contribution in [3.8, 4) is 11.3 Å². The molecule has 4 heteroatoms. The fourth-order valence-corrected chi connectivity index (χ4v) is 2.96. The second kappa shape index (κ2) is 6.03. The van der Waals surface area contributed by atoms with E-state index >= 15 is 0 Å². The second-order valence-corrected chi connectivity index (χ2v) is 5.73. The Balaban J connectivity index is 1.72. The molecule has 0 saturated carbocycles. The van der Waals surface area contributed by atoms with E-state index in [1.165, 1.54) is 16.0 Å². The maximum Gasteiger partial charge on any atom is 0.0695 e. The number of hydrogen-bond donors (Lipinski definition) is 2. The van der Waals surface area contributed by atoms with E-state index < -0.39 is 0 Å². The van der Waals surface area contributed by atoms with Crippen LogP contribution in [0.3, 0.4) is 0 Å². The number of hydrogen-bond acceptors (Lipinski definition) is 3. The van der Waals surface area contributed by atoms with Crippen LogP contribution in [0, 0.1) is 0 Å². The minimum Gasteiger partial charge on any atom is -0.305 e. The highest BCUT2D eigenvalue weighted by molar-refractivity contribution is 7.10. The van der Waals surface area contributed by atoms with Gasteiger partial charge >= 0.3 is 0 Å². The van der Waals surface area contributed by atoms with Crippen LogP contribution < -0.4 is 5.32 Å². The molecule has 0 unspecified atom stereocenters. The van der Waals surface area contributed by atoms with Crippen LogP contribution in [0.1, 0.15) is 23.4 Å². The van der Waals surface area contributed by atoms with Gasteiger partial charge in [-0.05, 0) is 23.9 Å². The molecule has 102 valence electrons. The normalized spacial score (nSPS) is 12.4. The number of nitrogens with zero attached hydrogens (tertiary/aromatic N) is 1. The molecule has 3 nitrogen and oxygen atoms in total. The van der Waals surface area contributed by atoms with Gasteiger partial charge in [0.05, 0.1) is 11.9 Å². The largest absolute Gasteiger partial charge is 0.305 e. The molecular formula is C16H17N3S. The van der Waals surface area contributed by atoms with Crippen LogP contribution in [0.15, 0.2) is 54.0 Å². The highest BCUT2D eigenvalue weighted by atomic mass is 32.1. The van der Waals surface area contributed by atoms with Gasteiger partial charge in [0, 0.05) is 23.0 Å². The number of aromatic nitrogens is 2. The van der Waals surface area contributed by atoms with E-state index in [2.05, 4.69) is 52.1 Å². The summed E-state index contributed by atoms with van der Waals surface area (Å²) in [5.41, 5.74) is 3.46. The molecule has 0 spiro atoms. The molecule has 0 aliphatic rings. The summed E-state index contributed by atoms with van der Waals surface area (Å²) >= 11 is 1.78. The zero-order valence-corrected chi connectivity index (χ0v) is 12.2. The van der Waals surface area contributed by atoms with Gasteiger partial charge in [-0.3, -0.25) is 5.10 Å². The first-order chi connectivity index (χ1) is 9.84. The van der Waals surface area contributed by atoms with Crippen molar-refractivity contribution in [2.24, 2.45) is 0 Å². The Labute approximate surface area is 122 Å². The van der Waals surface area contributed by atoms with Crippen molar-refractivity contribution in [2.45, 2.75) is 19.5 Å².